The fraction of sp³-hybridized carbons (Fsp3) is 0.238. The second kappa shape index (κ2) is 7.84. The molecule has 1 aromatic heterocycles. The summed E-state index contributed by atoms with van der Waals surface area (Å²) in [5.74, 6) is -0.733. The molecule has 140 valence electrons. The van der Waals surface area contributed by atoms with Crippen LogP contribution in [0.3, 0.4) is 0 Å². The number of fused-ring (bicyclic) bond motifs is 1. The molecule has 2 aromatic carbocycles. The molecule has 27 heavy (non-hydrogen) atoms. The molecule has 0 unspecified atom stereocenters. The normalized spacial score (nSPS) is 10.9. The summed E-state index contributed by atoms with van der Waals surface area (Å²) in [4.78, 5) is 22.3. The molecule has 0 spiro atoms. The van der Waals surface area contributed by atoms with Gasteiger partial charge in [0.25, 0.3) is 0 Å². The van der Waals surface area contributed by atoms with E-state index >= 15 is 0 Å². The summed E-state index contributed by atoms with van der Waals surface area (Å²) in [6.45, 7) is 3.93. The molecule has 6 heteroatoms. The first-order valence-electron chi connectivity index (χ1n) is 8.61. The number of hydrogen-bond acceptors (Lipinski definition) is 3. The molecule has 0 radical (unpaired) electrons. The van der Waals surface area contributed by atoms with Crippen LogP contribution in [0.5, 0.6) is 5.75 Å². The monoisotopic (exact) mass is 385 g/mol. The molecule has 3 rings (SSSR count). The molecule has 0 bridgehead atoms. The Hall–Kier alpha value is -2.79. The van der Waals surface area contributed by atoms with Crippen LogP contribution in [0.4, 0.5) is 0 Å². The Kier molecular flexibility index (Phi) is 5.51. The quantitative estimate of drug-likeness (QED) is 0.497. The van der Waals surface area contributed by atoms with Gasteiger partial charge in [-0.2, -0.15) is 0 Å². The lowest BCUT2D eigenvalue weighted by molar-refractivity contribution is -0.137. The maximum atomic E-state index is 11.2. The van der Waals surface area contributed by atoms with Gasteiger partial charge >= 0.3 is 11.9 Å². The first kappa shape index (κ1) is 19.0. The predicted octanol–water partition coefficient (Wildman–Crippen LogP) is 4.59. The van der Waals surface area contributed by atoms with Crippen molar-refractivity contribution in [2.75, 3.05) is 0 Å². The highest BCUT2D eigenvalue weighted by Gasteiger charge is 2.16. The smallest absolute Gasteiger partial charge is 0.308 e. The molecule has 0 aliphatic heterocycles. The van der Waals surface area contributed by atoms with E-state index in [1.807, 2.05) is 43.3 Å². The van der Waals surface area contributed by atoms with Crippen LogP contribution in [0.1, 0.15) is 30.2 Å². The number of carboxylic acid groups (broad SMARTS) is 1. The van der Waals surface area contributed by atoms with Crippen molar-refractivity contribution >= 4 is 34.4 Å². The highest BCUT2D eigenvalue weighted by atomic mass is 35.5. The average Bonchev–Trinajstić information content (AvgIpc) is 2.86. The third-order valence-corrected chi connectivity index (χ3v) is 4.76. The predicted molar refractivity (Wildman–Crippen MR) is 104 cm³/mol. The van der Waals surface area contributed by atoms with Gasteiger partial charge in [-0.15, -0.1) is 0 Å². The van der Waals surface area contributed by atoms with Gasteiger partial charge in [-0.1, -0.05) is 23.7 Å². The van der Waals surface area contributed by atoms with E-state index in [9.17, 15) is 9.59 Å². The number of hydrogen-bond donors (Lipinski definition) is 1. The van der Waals surface area contributed by atoms with Gasteiger partial charge in [0, 0.05) is 35.1 Å². The van der Waals surface area contributed by atoms with Gasteiger partial charge in [-0.25, -0.2) is 0 Å². The molecule has 5 nitrogen and oxygen atoms in total. The first-order chi connectivity index (χ1) is 12.8. The van der Waals surface area contributed by atoms with Crippen molar-refractivity contribution in [2.45, 2.75) is 33.2 Å². The second-order valence-electron chi connectivity index (χ2n) is 6.45. The fourth-order valence-electron chi connectivity index (χ4n) is 3.28. The van der Waals surface area contributed by atoms with Crippen LogP contribution < -0.4 is 4.74 Å². The van der Waals surface area contributed by atoms with E-state index in [1.54, 1.807) is 6.07 Å². The summed E-state index contributed by atoms with van der Waals surface area (Å²) in [5.41, 5.74) is 3.99. The van der Waals surface area contributed by atoms with E-state index in [-0.39, 0.29) is 12.4 Å². The fourth-order valence-corrected chi connectivity index (χ4v) is 3.41. The number of aryl methyl sites for hydroxylation is 1. The lowest BCUT2D eigenvalue weighted by Crippen LogP contribution is -2.07. The number of carboxylic acids is 1. The van der Waals surface area contributed by atoms with E-state index in [2.05, 4.69) is 4.57 Å². The lowest BCUT2D eigenvalue weighted by Gasteiger charge is -2.12. The Morgan fingerprint density at radius 3 is 2.48 bits per heavy atom. The zero-order valence-electron chi connectivity index (χ0n) is 15.2. The van der Waals surface area contributed by atoms with E-state index < -0.39 is 5.97 Å². The number of benzene rings is 2. The van der Waals surface area contributed by atoms with Gasteiger partial charge in [0.2, 0.25) is 0 Å². The summed E-state index contributed by atoms with van der Waals surface area (Å²) in [6, 6.07) is 13.1. The zero-order valence-corrected chi connectivity index (χ0v) is 15.9. The number of aromatic nitrogens is 1. The van der Waals surface area contributed by atoms with Crippen molar-refractivity contribution < 1.29 is 19.4 Å². The first-order valence-corrected chi connectivity index (χ1v) is 8.99. The number of esters is 1. The number of ether oxygens (including phenoxy) is 1. The minimum Gasteiger partial charge on any atom is -0.481 e. The van der Waals surface area contributed by atoms with E-state index in [0.717, 1.165) is 27.7 Å². The van der Waals surface area contributed by atoms with Gasteiger partial charge in [-0.05, 0) is 54.8 Å². The van der Waals surface area contributed by atoms with Crippen molar-refractivity contribution in [1.29, 1.82) is 0 Å². The van der Waals surface area contributed by atoms with Crippen molar-refractivity contribution in [3.63, 3.8) is 0 Å². The SMILES string of the molecule is CC(=O)Oc1ccc2c(c1)c(C)c(CCC(=O)O)n2Cc1ccc(Cl)cc1. The van der Waals surface area contributed by atoms with Crippen LogP contribution >= 0.6 is 11.6 Å². The van der Waals surface area contributed by atoms with Gasteiger partial charge in [0.15, 0.2) is 0 Å². The molecule has 3 aromatic rings. The number of aliphatic carboxylic acids is 1. The van der Waals surface area contributed by atoms with Crippen LogP contribution in [0.25, 0.3) is 10.9 Å². The van der Waals surface area contributed by atoms with E-state index in [0.29, 0.717) is 23.7 Å². The number of halogens is 1. The Morgan fingerprint density at radius 1 is 1.15 bits per heavy atom. The second-order valence-corrected chi connectivity index (χ2v) is 6.89. The Morgan fingerprint density at radius 2 is 1.85 bits per heavy atom. The van der Waals surface area contributed by atoms with Crippen LogP contribution in [-0.4, -0.2) is 21.6 Å². The molecule has 0 atom stereocenters. The van der Waals surface area contributed by atoms with Crippen molar-refractivity contribution in [3.8, 4) is 5.75 Å². The summed E-state index contributed by atoms with van der Waals surface area (Å²) >= 11 is 5.98. The molecule has 0 amide bonds. The zero-order chi connectivity index (χ0) is 19.6. The maximum Gasteiger partial charge on any atom is 0.308 e. The van der Waals surface area contributed by atoms with Gasteiger partial charge in [0.05, 0.1) is 6.42 Å². The van der Waals surface area contributed by atoms with Crippen molar-refractivity contribution in [1.82, 2.24) is 4.57 Å². The summed E-state index contributed by atoms with van der Waals surface area (Å²) in [5, 5.41) is 10.7. The van der Waals surface area contributed by atoms with Crippen molar-refractivity contribution in [2.24, 2.45) is 0 Å². The summed E-state index contributed by atoms with van der Waals surface area (Å²) in [7, 11) is 0. The van der Waals surface area contributed by atoms with Crippen LogP contribution in [0.2, 0.25) is 5.02 Å². The minimum atomic E-state index is -0.835. The topological polar surface area (TPSA) is 68.5 Å². The Labute approximate surface area is 162 Å². The van der Waals surface area contributed by atoms with Gasteiger partial charge in [-0.3, -0.25) is 9.59 Å². The molecular weight excluding hydrogens is 366 g/mol. The molecule has 0 saturated carbocycles. The molecular formula is C21H20ClNO4. The van der Waals surface area contributed by atoms with Crippen LogP contribution in [0.15, 0.2) is 42.5 Å². The molecule has 0 fully saturated rings. The lowest BCUT2D eigenvalue weighted by atomic mass is 10.1. The van der Waals surface area contributed by atoms with Gasteiger partial charge in [0.1, 0.15) is 5.75 Å². The highest BCUT2D eigenvalue weighted by Crippen LogP contribution is 2.31. The molecule has 0 aliphatic rings. The van der Waals surface area contributed by atoms with Crippen molar-refractivity contribution in [3.05, 3.63) is 64.3 Å². The minimum absolute atomic E-state index is 0.0502. The van der Waals surface area contributed by atoms with Gasteiger partial charge < -0.3 is 14.4 Å². The van der Waals surface area contributed by atoms with Crippen LogP contribution in [0, 0.1) is 6.92 Å². The third kappa shape index (κ3) is 4.31. The average molecular weight is 386 g/mol. The molecule has 1 heterocycles. The molecule has 0 aliphatic carbocycles. The summed E-state index contributed by atoms with van der Waals surface area (Å²) < 4.78 is 7.32. The maximum absolute atomic E-state index is 11.2. The van der Waals surface area contributed by atoms with E-state index in [4.69, 9.17) is 21.4 Å². The Bertz CT molecular complexity index is 1010. The largest absolute Gasteiger partial charge is 0.481 e. The molecule has 1 N–H and O–H groups in total. The number of carbonyl (C=O) groups is 2. The number of rotatable bonds is 6. The number of nitrogens with zero attached hydrogens (tertiary/aromatic N) is 1. The highest BCUT2D eigenvalue weighted by molar-refractivity contribution is 6.30. The van der Waals surface area contributed by atoms with E-state index in [1.165, 1.54) is 6.92 Å². The Balaban J connectivity index is 2.09. The standard InChI is InChI=1S/C21H20ClNO4/c1-13-18-11-17(27-14(2)24)7-8-20(18)23(19(13)9-10-21(25)26)12-15-3-5-16(22)6-4-15/h3-8,11H,9-10,12H2,1-2H3,(H,25,26). The third-order valence-electron chi connectivity index (χ3n) is 4.51. The number of carbonyl (C=O) groups excluding carboxylic acids is 1. The van der Waals surface area contributed by atoms with Crippen LogP contribution in [-0.2, 0) is 22.6 Å². The molecule has 0 saturated heterocycles. The summed E-state index contributed by atoms with van der Waals surface area (Å²) in [6.07, 6.45) is 0.473.